The second-order valence-corrected chi connectivity index (χ2v) is 2.69. The third-order valence-corrected chi connectivity index (χ3v) is 1.85. The van der Waals surface area contributed by atoms with E-state index in [-0.39, 0.29) is 11.4 Å². The molecule has 0 aromatic carbocycles. The van der Waals surface area contributed by atoms with E-state index in [1.54, 1.807) is 0 Å². The topological polar surface area (TPSA) is 36.7 Å². The first-order chi connectivity index (χ1) is 6.60. The number of aromatic nitrogens is 1. The van der Waals surface area contributed by atoms with Gasteiger partial charge >= 0.3 is 0 Å². The van der Waals surface area contributed by atoms with Crippen molar-refractivity contribution in [1.29, 1.82) is 5.26 Å². The lowest BCUT2D eigenvalue weighted by Gasteiger charge is -2.04. The van der Waals surface area contributed by atoms with Gasteiger partial charge in [0.15, 0.2) is 5.69 Å². The number of nitrogens with zero attached hydrogens (tertiary/aromatic N) is 2. The summed E-state index contributed by atoms with van der Waals surface area (Å²) in [5.74, 6) is -1.24. The van der Waals surface area contributed by atoms with Crippen LogP contribution < -0.4 is 0 Å². The molecule has 0 fully saturated rings. The van der Waals surface area contributed by atoms with E-state index in [1.165, 1.54) is 6.07 Å². The lowest BCUT2D eigenvalue weighted by molar-refractivity contribution is 0.150. The van der Waals surface area contributed by atoms with E-state index in [2.05, 4.69) is 4.98 Å². The minimum absolute atomic E-state index is 0.138. The zero-order valence-corrected chi connectivity index (χ0v) is 7.52. The first kappa shape index (κ1) is 10.8. The van der Waals surface area contributed by atoms with Crippen molar-refractivity contribution < 1.29 is 13.2 Å². The Morgan fingerprint density at radius 1 is 1.57 bits per heavy atom. The van der Waals surface area contributed by atoms with Gasteiger partial charge in [-0.25, -0.2) is 13.8 Å². The zero-order chi connectivity index (χ0) is 10.7. The smallest absolute Gasteiger partial charge is 0.208 e. The summed E-state index contributed by atoms with van der Waals surface area (Å²) in [4.78, 5) is 3.09. The fourth-order valence-electron chi connectivity index (χ4n) is 0.900. The Labute approximate surface area is 82.9 Å². The van der Waals surface area contributed by atoms with Crippen LogP contribution in [0.15, 0.2) is 6.07 Å². The van der Waals surface area contributed by atoms with E-state index in [0.717, 1.165) is 6.07 Å². The SMILES string of the molecule is N#Cc1nc(F)c(CCl)cc1C(F)F. The Balaban J connectivity index is 3.34. The van der Waals surface area contributed by atoms with Gasteiger partial charge in [-0.2, -0.15) is 9.65 Å². The number of hydrogen-bond acceptors (Lipinski definition) is 2. The number of nitriles is 1. The molecule has 0 saturated carbocycles. The van der Waals surface area contributed by atoms with Gasteiger partial charge in [0.1, 0.15) is 6.07 Å². The number of hydrogen-bond donors (Lipinski definition) is 0. The maximum atomic E-state index is 12.9. The van der Waals surface area contributed by atoms with Crippen molar-refractivity contribution in [2.24, 2.45) is 0 Å². The third-order valence-electron chi connectivity index (χ3n) is 1.56. The van der Waals surface area contributed by atoms with E-state index >= 15 is 0 Å². The molecule has 0 atom stereocenters. The predicted octanol–water partition coefficient (Wildman–Crippen LogP) is 2.77. The molecule has 1 aromatic heterocycles. The average Bonchev–Trinajstić information content (AvgIpc) is 2.16. The second-order valence-electron chi connectivity index (χ2n) is 2.42. The summed E-state index contributed by atoms with van der Waals surface area (Å²) in [5, 5.41) is 8.41. The fraction of sp³-hybridized carbons (Fsp3) is 0.250. The Hall–Kier alpha value is -1.28. The van der Waals surface area contributed by atoms with Crippen LogP contribution in [0.5, 0.6) is 0 Å². The van der Waals surface area contributed by atoms with E-state index in [1.807, 2.05) is 0 Å². The summed E-state index contributed by atoms with van der Waals surface area (Å²) in [7, 11) is 0. The van der Waals surface area contributed by atoms with Gasteiger partial charge in [0.25, 0.3) is 6.43 Å². The van der Waals surface area contributed by atoms with Crippen molar-refractivity contribution in [2.75, 3.05) is 0 Å². The van der Waals surface area contributed by atoms with Crippen LogP contribution in [0.1, 0.15) is 23.2 Å². The molecule has 6 heteroatoms. The van der Waals surface area contributed by atoms with E-state index in [0.29, 0.717) is 0 Å². The molecule has 0 bridgehead atoms. The largest absolute Gasteiger partial charge is 0.266 e. The monoisotopic (exact) mass is 220 g/mol. The highest BCUT2D eigenvalue weighted by molar-refractivity contribution is 6.17. The molecule has 0 aliphatic rings. The summed E-state index contributed by atoms with van der Waals surface area (Å²) in [5.41, 5.74) is -1.34. The van der Waals surface area contributed by atoms with Gasteiger partial charge in [-0.1, -0.05) is 0 Å². The summed E-state index contributed by atoms with van der Waals surface area (Å²) >= 11 is 5.30. The number of halogens is 4. The van der Waals surface area contributed by atoms with Crippen LogP contribution in [0.4, 0.5) is 13.2 Å². The van der Waals surface area contributed by atoms with Crippen LogP contribution in [-0.2, 0) is 5.88 Å². The average molecular weight is 221 g/mol. The standard InChI is InChI=1S/C8H4ClF3N2/c9-2-4-1-5(7(10)11)6(3-13)14-8(4)12/h1,7H,2H2. The molecule has 14 heavy (non-hydrogen) atoms. The molecule has 1 rings (SSSR count). The first-order valence-electron chi connectivity index (χ1n) is 3.53. The van der Waals surface area contributed by atoms with Crippen molar-refractivity contribution in [1.82, 2.24) is 4.98 Å². The van der Waals surface area contributed by atoms with Gasteiger partial charge in [-0.05, 0) is 6.07 Å². The van der Waals surface area contributed by atoms with Crippen LogP contribution in [0.3, 0.4) is 0 Å². The Bertz CT molecular complexity index is 387. The molecule has 1 aromatic rings. The minimum Gasteiger partial charge on any atom is -0.208 e. The number of pyridine rings is 1. The number of rotatable bonds is 2. The lowest BCUT2D eigenvalue weighted by atomic mass is 10.1. The molecule has 0 spiro atoms. The van der Waals surface area contributed by atoms with Crippen LogP contribution in [0, 0.1) is 17.3 Å². The summed E-state index contributed by atoms with van der Waals surface area (Å²) < 4.78 is 37.5. The molecule has 0 aliphatic heterocycles. The first-order valence-corrected chi connectivity index (χ1v) is 4.07. The maximum Gasteiger partial charge on any atom is 0.266 e. The molecular weight excluding hydrogens is 217 g/mol. The molecule has 0 radical (unpaired) electrons. The molecule has 0 amide bonds. The van der Waals surface area contributed by atoms with E-state index < -0.39 is 23.6 Å². The van der Waals surface area contributed by atoms with Crippen molar-refractivity contribution >= 4 is 11.6 Å². The van der Waals surface area contributed by atoms with Gasteiger partial charge in [-0.15, -0.1) is 11.6 Å². The van der Waals surface area contributed by atoms with Crippen molar-refractivity contribution in [2.45, 2.75) is 12.3 Å². The van der Waals surface area contributed by atoms with Crippen LogP contribution >= 0.6 is 11.6 Å². The van der Waals surface area contributed by atoms with E-state index in [4.69, 9.17) is 16.9 Å². The molecular formula is C8H4ClF3N2. The van der Waals surface area contributed by atoms with Gasteiger partial charge in [0, 0.05) is 5.56 Å². The molecule has 0 aliphatic carbocycles. The molecule has 1 heterocycles. The Kier molecular flexibility index (Phi) is 3.31. The van der Waals surface area contributed by atoms with Gasteiger partial charge in [-0.3, -0.25) is 0 Å². The third kappa shape index (κ3) is 1.96. The van der Waals surface area contributed by atoms with Gasteiger partial charge in [0.05, 0.1) is 11.4 Å². The quantitative estimate of drug-likeness (QED) is 0.568. The summed E-state index contributed by atoms with van der Waals surface area (Å²) in [6.45, 7) is 0. The highest BCUT2D eigenvalue weighted by Crippen LogP contribution is 2.24. The van der Waals surface area contributed by atoms with Crippen LogP contribution in [0.2, 0.25) is 0 Å². The molecule has 0 N–H and O–H groups in total. The normalized spacial score (nSPS) is 10.3. The second kappa shape index (κ2) is 4.29. The van der Waals surface area contributed by atoms with Crippen LogP contribution in [-0.4, -0.2) is 4.98 Å². The summed E-state index contributed by atoms with van der Waals surface area (Å²) in [6.07, 6.45) is -2.86. The molecule has 2 nitrogen and oxygen atoms in total. The Morgan fingerprint density at radius 2 is 2.21 bits per heavy atom. The lowest BCUT2D eigenvalue weighted by Crippen LogP contribution is -2.01. The van der Waals surface area contributed by atoms with Crippen molar-refractivity contribution in [3.05, 3.63) is 28.8 Å². The highest BCUT2D eigenvalue weighted by Gasteiger charge is 2.17. The van der Waals surface area contributed by atoms with Crippen molar-refractivity contribution in [3.63, 3.8) is 0 Å². The molecule has 0 saturated heterocycles. The Morgan fingerprint density at radius 3 is 2.64 bits per heavy atom. The maximum absolute atomic E-state index is 12.9. The number of alkyl halides is 3. The molecule has 0 unspecified atom stereocenters. The fourth-order valence-corrected chi connectivity index (χ4v) is 1.09. The van der Waals surface area contributed by atoms with E-state index in [9.17, 15) is 13.2 Å². The highest BCUT2D eigenvalue weighted by atomic mass is 35.5. The predicted molar refractivity (Wildman–Crippen MR) is 43.4 cm³/mol. The molecule has 74 valence electrons. The van der Waals surface area contributed by atoms with Crippen molar-refractivity contribution in [3.8, 4) is 6.07 Å². The van der Waals surface area contributed by atoms with Gasteiger partial charge < -0.3 is 0 Å². The van der Waals surface area contributed by atoms with Crippen LogP contribution in [0.25, 0.3) is 0 Å². The zero-order valence-electron chi connectivity index (χ0n) is 6.77. The summed E-state index contributed by atoms with van der Waals surface area (Å²) in [6, 6.07) is 2.25. The minimum atomic E-state index is -2.86. The van der Waals surface area contributed by atoms with Gasteiger partial charge in [0.2, 0.25) is 5.95 Å².